The Bertz CT molecular complexity index is 1070. The number of phenols is 1. The highest BCUT2D eigenvalue weighted by Gasteiger charge is 2.17. The Labute approximate surface area is 193 Å². The monoisotopic (exact) mass is 450 g/mol. The minimum Gasteiger partial charge on any atom is -0.508 e. The second-order valence-electron chi connectivity index (χ2n) is 8.30. The Morgan fingerprint density at radius 3 is 2.69 bits per heavy atom. The summed E-state index contributed by atoms with van der Waals surface area (Å²) in [6.07, 6.45) is 1.35. The van der Waals surface area contributed by atoms with E-state index in [1.807, 2.05) is 19.1 Å². The molecule has 0 radical (unpaired) electrons. The molecule has 1 fully saturated rings. The highest BCUT2D eigenvalue weighted by molar-refractivity contribution is 7.13. The summed E-state index contributed by atoms with van der Waals surface area (Å²) in [4.78, 5) is 23.0. The molecule has 0 aliphatic carbocycles. The molecule has 1 aromatic heterocycles. The Morgan fingerprint density at radius 2 is 1.91 bits per heavy atom. The number of nitrogens with zero attached hydrogens (tertiary/aromatic N) is 3. The fourth-order valence-electron chi connectivity index (χ4n) is 3.91. The molecule has 2 heterocycles. The van der Waals surface area contributed by atoms with Gasteiger partial charge in [0.2, 0.25) is 0 Å². The highest BCUT2D eigenvalue weighted by Crippen LogP contribution is 2.25. The molecule has 0 saturated carbocycles. The molecule has 0 unspecified atom stereocenters. The zero-order chi connectivity index (χ0) is 22.5. The van der Waals surface area contributed by atoms with E-state index in [4.69, 9.17) is 0 Å². The van der Waals surface area contributed by atoms with Gasteiger partial charge in [-0.2, -0.15) is 0 Å². The lowest BCUT2D eigenvalue weighted by atomic mass is 10.1. The first kappa shape index (κ1) is 22.3. The molecule has 0 bridgehead atoms. The number of piperazine rings is 1. The van der Waals surface area contributed by atoms with Gasteiger partial charge in [0.15, 0.2) is 5.01 Å². The van der Waals surface area contributed by atoms with Crippen LogP contribution in [0, 0.1) is 6.92 Å². The number of benzene rings is 2. The van der Waals surface area contributed by atoms with Crippen molar-refractivity contribution in [3.8, 4) is 5.75 Å². The zero-order valence-corrected chi connectivity index (χ0v) is 19.5. The van der Waals surface area contributed by atoms with Gasteiger partial charge in [0.05, 0.1) is 5.69 Å². The maximum atomic E-state index is 12.6. The van der Waals surface area contributed by atoms with Crippen molar-refractivity contribution in [3.05, 3.63) is 75.2 Å². The van der Waals surface area contributed by atoms with Gasteiger partial charge < -0.3 is 20.2 Å². The van der Waals surface area contributed by atoms with Gasteiger partial charge in [0.1, 0.15) is 5.75 Å². The van der Waals surface area contributed by atoms with Crippen molar-refractivity contribution >= 4 is 22.9 Å². The lowest BCUT2D eigenvalue weighted by molar-refractivity contribution is 0.0953. The summed E-state index contributed by atoms with van der Waals surface area (Å²) in [7, 11) is 2.17. The average molecular weight is 451 g/mol. The van der Waals surface area contributed by atoms with E-state index in [2.05, 4.69) is 51.4 Å². The van der Waals surface area contributed by atoms with Crippen molar-refractivity contribution in [2.45, 2.75) is 19.8 Å². The van der Waals surface area contributed by atoms with Crippen LogP contribution in [0.25, 0.3) is 0 Å². The number of nitrogens with one attached hydrogen (secondary N) is 1. The third-order valence-electron chi connectivity index (χ3n) is 5.90. The lowest BCUT2D eigenvalue weighted by Crippen LogP contribution is -2.44. The first-order valence-electron chi connectivity index (χ1n) is 11.0. The standard InChI is InChI=1S/C25H30N4O2S/c1-18-23(17-19-6-5-8-21(16-19)29-14-12-28(2)13-15-29)32-25(27-18)24(31)26-11-10-20-7-3-4-9-22(20)30/h3-9,16,30H,10-15,17H2,1-2H3,(H,26,31). The molecule has 7 heteroatoms. The van der Waals surface area contributed by atoms with Crippen molar-refractivity contribution in [1.82, 2.24) is 15.2 Å². The molecule has 32 heavy (non-hydrogen) atoms. The van der Waals surface area contributed by atoms with Crippen LogP contribution in [0.1, 0.15) is 31.5 Å². The van der Waals surface area contributed by atoms with Crippen LogP contribution in [-0.4, -0.2) is 60.7 Å². The normalized spacial score (nSPS) is 14.5. The first-order valence-corrected chi connectivity index (χ1v) is 11.8. The fraction of sp³-hybridized carbons (Fsp3) is 0.360. The van der Waals surface area contributed by atoms with Gasteiger partial charge in [-0.1, -0.05) is 30.3 Å². The maximum Gasteiger partial charge on any atom is 0.280 e. The molecule has 2 aromatic carbocycles. The minimum atomic E-state index is -0.161. The van der Waals surface area contributed by atoms with Gasteiger partial charge >= 0.3 is 0 Å². The van der Waals surface area contributed by atoms with Crippen molar-refractivity contribution < 1.29 is 9.90 Å². The molecule has 3 aromatic rings. The molecule has 0 spiro atoms. The molecule has 1 amide bonds. The molecule has 2 N–H and O–H groups in total. The second-order valence-corrected chi connectivity index (χ2v) is 9.38. The van der Waals surface area contributed by atoms with Gasteiger partial charge in [0, 0.05) is 49.7 Å². The Morgan fingerprint density at radius 1 is 1.12 bits per heavy atom. The fourth-order valence-corrected chi connectivity index (χ4v) is 4.92. The number of hydrogen-bond donors (Lipinski definition) is 2. The summed E-state index contributed by atoms with van der Waals surface area (Å²) in [5.74, 6) is 0.0962. The number of para-hydroxylation sites is 1. The third-order valence-corrected chi connectivity index (χ3v) is 7.06. The predicted octanol–water partition coefficient (Wildman–Crippen LogP) is 3.47. The summed E-state index contributed by atoms with van der Waals surface area (Å²) >= 11 is 1.46. The quantitative estimate of drug-likeness (QED) is 0.577. The predicted molar refractivity (Wildman–Crippen MR) is 130 cm³/mol. The summed E-state index contributed by atoms with van der Waals surface area (Å²) in [5.41, 5.74) is 4.23. The molecule has 6 nitrogen and oxygen atoms in total. The number of carbonyl (C=O) groups is 1. The number of thiazole rings is 1. The number of carbonyl (C=O) groups excluding carboxylic acids is 1. The number of aromatic hydroxyl groups is 1. The molecule has 1 aliphatic heterocycles. The van der Waals surface area contributed by atoms with Crippen molar-refractivity contribution in [3.63, 3.8) is 0 Å². The van der Waals surface area contributed by atoms with E-state index in [-0.39, 0.29) is 11.7 Å². The summed E-state index contributed by atoms with van der Waals surface area (Å²) in [6, 6.07) is 15.9. The van der Waals surface area contributed by atoms with Crippen LogP contribution in [0.2, 0.25) is 0 Å². The SMILES string of the molecule is Cc1nc(C(=O)NCCc2ccccc2O)sc1Cc1cccc(N2CCN(C)CC2)c1. The largest absolute Gasteiger partial charge is 0.508 e. The number of aryl methyl sites for hydroxylation is 1. The van der Waals surface area contributed by atoms with Gasteiger partial charge in [-0.15, -0.1) is 11.3 Å². The molecule has 1 aliphatic rings. The molecular weight excluding hydrogens is 420 g/mol. The summed E-state index contributed by atoms with van der Waals surface area (Å²) in [5, 5.41) is 13.3. The zero-order valence-electron chi connectivity index (χ0n) is 18.7. The lowest BCUT2D eigenvalue weighted by Gasteiger charge is -2.34. The van der Waals surface area contributed by atoms with Crippen LogP contribution in [0.15, 0.2) is 48.5 Å². The van der Waals surface area contributed by atoms with E-state index in [0.717, 1.165) is 48.7 Å². The third kappa shape index (κ3) is 5.47. The number of hydrogen-bond acceptors (Lipinski definition) is 6. The minimum absolute atomic E-state index is 0.161. The molecule has 168 valence electrons. The van der Waals surface area contributed by atoms with Gasteiger partial charge in [0.25, 0.3) is 5.91 Å². The number of phenolic OH excluding ortho intramolecular Hbond substituents is 1. The van der Waals surface area contributed by atoms with Crippen LogP contribution in [-0.2, 0) is 12.8 Å². The van der Waals surface area contributed by atoms with Gasteiger partial charge in [-0.05, 0) is 49.7 Å². The van der Waals surface area contributed by atoms with Crippen LogP contribution < -0.4 is 10.2 Å². The van der Waals surface area contributed by atoms with Crippen LogP contribution in [0.5, 0.6) is 5.75 Å². The van der Waals surface area contributed by atoms with E-state index in [1.165, 1.54) is 22.6 Å². The van der Waals surface area contributed by atoms with Gasteiger partial charge in [-0.3, -0.25) is 4.79 Å². The number of anilines is 1. The van der Waals surface area contributed by atoms with E-state index < -0.39 is 0 Å². The van der Waals surface area contributed by atoms with E-state index in [9.17, 15) is 9.90 Å². The van der Waals surface area contributed by atoms with Crippen LogP contribution in [0.4, 0.5) is 5.69 Å². The summed E-state index contributed by atoms with van der Waals surface area (Å²) in [6.45, 7) is 6.68. The van der Waals surface area contributed by atoms with E-state index in [0.29, 0.717) is 18.0 Å². The molecule has 4 rings (SSSR count). The Hall–Kier alpha value is -2.90. The first-order chi connectivity index (χ1) is 15.5. The highest BCUT2D eigenvalue weighted by atomic mass is 32.1. The molecular formula is C25H30N4O2S. The maximum absolute atomic E-state index is 12.6. The van der Waals surface area contributed by atoms with Crippen LogP contribution >= 0.6 is 11.3 Å². The van der Waals surface area contributed by atoms with E-state index in [1.54, 1.807) is 12.1 Å². The van der Waals surface area contributed by atoms with Crippen molar-refractivity contribution in [2.75, 3.05) is 44.7 Å². The van der Waals surface area contributed by atoms with Crippen molar-refractivity contribution in [2.24, 2.45) is 0 Å². The van der Waals surface area contributed by atoms with Crippen molar-refractivity contribution in [1.29, 1.82) is 0 Å². The van der Waals surface area contributed by atoms with Crippen LogP contribution in [0.3, 0.4) is 0 Å². The average Bonchev–Trinajstić information content (AvgIpc) is 3.16. The number of amides is 1. The summed E-state index contributed by atoms with van der Waals surface area (Å²) < 4.78 is 0. The number of likely N-dealkylation sites (N-methyl/N-ethyl adjacent to an activating group) is 1. The second kappa shape index (κ2) is 10.1. The number of aromatic nitrogens is 1. The smallest absolute Gasteiger partial charge is 0.280 e. The number of rotatable bonds is 7. The molecule has 0 atom stereocenters. The Kier molecular flexibility index (Phi) is 7.07. The Balaban J connectivity index is 1.36. The van der Waals surface area contributed by atoms with Gasteiger partial charge in [-0.25, -0.2) is 4.98 Å². The molecule has 1 saturated heterocycles. The topological polar surface area (TPSA) is 68.7 Å². The van der Waals surface area contributed by atoms with E-state index >= 15 is 0 Å².